The number of carboxylic acid groups (broad SMARTS) is 1. The highest BCUT2D eigenvalue weighted by molar-refractivity contribution is 5.90. The van der Waals surface area contributed by atoms with Gasteiger partial charge in [0.2, 0.25) is 0 Å². The first-order chi connectivity index (χ1) is 10.1. The first kappa shape index (κ1) is 15.3. The quantitative estimate of drug-likeness (QED) is 0.864. The molecule has 0 aliphatic heterocycles. The molecule has 21 heavy (non-hydrogen) atoms. The third-order valence-electron chi connectivity index (χ3n) is 3.75. The molecule has 0 atom stereocenters. The second-order valence-electron chi connectivity index (χ2n) is 5.49. The number of hydrogen-bond acceptors (Lipinski definition) is 4. The molecule has 1 aromatic rings. The van der Waals surface area contributed by atoms with Gasteiger partial charge in [0.1, 0.15) is 5.56 Å². The molecule has 1 aliphatic carbocycles. The molecule has 0 saturated heterocycles. The first-order valence-corrected chi connectivity index (χ1v) is 7.15. The van der Waals surface area contributed by atoms with Crippen molar-refractivity contribution in [1.29, 1.82) is 0 Å². The zero-order valence-corrected chi connectivity index (χ0v) is 12.0. The standard InChI is InChI=1S/C15H20N2O4/c1-10-2-4-11(5-3-10)17-14(18)9-21-13-8-16-7-6-12(13)15(19)20/h6-8,10-11H,2-5,9H2,1H3,(H,17,18)(H,19,20). The number of rotatable bonds is 5. The Morgan fingerprint density at radius 2 is 2.10 bits per heavy atom. The lowest BCUT2D eigenvalue weighted by molar-refractivity contribution is -0.124. The number of aromatic carboxylic acids is 1. The van der Waals surface area contributed by atoms with E-state index in [1.165, 1.54) is 18.5 Å². The second kappa shape index (κ2) is 7.06. The van der Waals surface area contributed by atoms with Crippen molar-refractivity contribution in [3.63, 3.8) is 0 Å². The van der Waals surface area contributed by atoms with E-state index in [0.717, 1.165) is 31.6 Å². The molecule has 0 bridgehead atoms. The van der Waals surface area contributed by atoms with Crippen molar-refractivity contribution < 1.29 is 19.4 Å². The predicted octanol–water partition coefficient (Wildman–Crippen LogP) is 1.85. The van der Waals surface area contributed by atoms with Crippen molar-refractivity contribution in [2.24, 2.45) is 5.92 Å². The fourth-order valence-electron chi connectivity index (χ4n) is 2.49. The predicted molar refractivity (Wildman–Crippen MR) is 76.3 cm³/mol. The molecule has 0 aromatic carbocycles. The minimum absolute atomic E-state index is 0.00397. The van der Waals surface area contributed by atoms with Crippen LogP contribution in [0.1, 0.15) is 43.0 Å². The maximum Gasteiger partial charge on any atom is 0.339 e. The Bertz CT molecular complexity index is 510. The average molecular weight is 292 g/mol. The summed E-state index contributed by atoms with van der Waals surface area (Å²) in [7, 11) is 0. The molecular formula is C15H20N2O4. The van der Waals surface area contributed by atoms with Crippen LogP contribution in [0.2, 0.25) is 0 Å². The number of aromatic nitrogens is 1. The van der Waals surface area contributed by atoms with Crippen LogP contribution in [0, 0.1) is 5.92 Å². The van der Waals surface area contributed by atoms with Crippen LogP contribution in [0.3, 0.4) is 0 Å². The molecule has 114 valence electrons. The molecule has 1 heterocycles. The topological polar surface area (TPSA) is 88.5 Å². The number of ether oxygens (including phenoxy) is 1. The summed E-state index contributed by atoms with van der Waals surface area (Å²) in [5.41, 5.74) is 0.00397. The highest BCUT2D eigenvalue weighted by atomic mass is 16.5. The summed E-state index contributed by atoms with van der Waals surface area (Å²) in [6.07, 6.45) is 6.90. The van der Waals surface area contributed by atoms with Crippen molar-refractivity contribution in [3.05, 3.63) is 24.0 Å². The lowest BCUT2D eigenvalue weighted by Gasteiger charge is -2.26. The third-order valence-corrected chi connectivity index (χ3v) is 3.75. The Morgan fingerprint density at radius 1 is 1.38 bits per heavy atom. The van der Waals surface area contributed by atoms with Gasteiger partial charge in [-0.15, -0.1) is 0 Å². The van der Waals surface area contributed by atoms with E-state index >= 15 is 0 Å². The number of nitrogens with zero attached hydrogens (tertiary/aromatic N) is 1. The minimum atomic E-state index is -1.10. The van der Waals surface area contributed by atoms with Gasteiger partial charge in [0.05, 0.1) is 6.20 Å². The number of amides is 1. The van der Waals surface area contributed by atoms with E-state index in [-0.39, 0.29) is 29.9 Å². The van der Waals surface area contributed by atoms with Gasteiger partial charge in [-0.3, -0.25) is 9.78 Å². The molecule has 1 aliphatic rings. The molecule has 0 radical (unpaired) electrons. The molecule has 1 saturated carbocycles. The zero-order chi connectivity index (χ0) is 15.2. The van der Waals surface area contributed by atoms with E-state index in [2.05, 4.69) is 17.2 Å². The molecule has 1 aromatic heterocycles. The van der Waals surface area contributed by atoms with Gasteiger partial charge in [0.25, 0.3) is 5.91 Å². The SMILES string of the molecule is CC1CCC(NC(=O)COc2cnccc2C(=O)O)CC1. The Balaban J connectivity index is 1.83. The normalized spacial score (nSPS) is 21.6. The van der Waals surface area contributed by atoms with Crippen LogP contribution in [0.15, 0.2) is 18.5 Å². The number of carboxylic acids is 1. The zero-order valence-electron chi connectivity index (χ0n) is 12.0. The molecule has 1 fully saturated rings. The minimum Gasteiger partial charge on any atom is -0.481 e. The van der Waals surface area contributed by atoms with Crippen LogP contribution in [-0.2, 0) is 4.79 Å². The largest absolute Gasteiger partial charge is 0.481 e. The Morgan fingerprint density at radius 3 is 2.76 bits per heavy atom. The molecular weight excluding hydrogens is 272 g/mol. The van der Waals surface area contributed by atoms with Crippen LogP contribution < -0.4 is 10.1 Å². The fraction of sp³-hybridized carbons (Fsp3) is 0.533. The summed E-state index contributed by atoms with van der Waals surface area (Å²) in [4.78, 5) is 26.7. The number of pyridine rings is 1. The summed E-state index contributed by atoms with van der Waals surface area (Å²) in [6.45, 7) is 2.02. The number of nitrogens with one attached hydrogen (secondary N) is 1. The van der Waals surface area contributed by atoms with E-state index in [1.807, 2.05) is 0 Å². The van der Waals surface area contributed by atoms with Gasteiger partial charge in [0, 0.05) is 12.2 Å². The highest BCUT2D eigenvalue weighted by Crippen LogP contribution is 2.23. The summed E-state index contributed by atoms with van der Waals surface area (Å²) in [5, 5.41) is 11.9. The average Bonchev–Trinajstić information content (AvgIpc) is 2.48. The summed E-state index contributed by atoms with van der Waals surface area (Å²) < 4.78 is 5.27. The number of hydrogen-bond donors (Lipinski definition) is 2. The maximum atomic E-state index is 11.8. The van der Waals surface area contributed by atoms with Crippen LogP contribution in [0.4, 0.5) is 0 Å². The van der Waals surface area contributed by atoms with Gasteiger partial charge in [0.15, 0.2) is 12.4 Å². The summed E-state index contributed by atoms with van der Waals surface area (Å²) in [5.74, 6) is -0.496. The second-order valence-corrected chi connectivity index (χ2v) is 5.49. The van der Waals surface area contributed by atoms with Gasteiger partial charge in [-0.2, -0.15) is 0 Å². The van der Waals surface area contributed by atoms with E-state index in [1.54, 1.807) is 0 Å². The van der Waals surface area contributed by atoms with Crippen LogP contribution in [-0.4, -0.2) is 34.6 Å². The van der Waals surface area contributed by atoms with E-state index in [0.29, 0.717) is 0 Å². The fourth-order valence-corrected chi connectivity index (χ4v) is 2.49. The maximum absolute atomic E-state index is 11.8. The molecule has 1 amide bonds. The van der Waals surface area contributed by atoms with Gasteiger partial charge in [-0.25, -0.2) is 4.79 Å². The van der Waals surface area contributed by atoms with Crippen molar-refractivity contribution in [1.82, 2.24) is 10.3 Å². The summed E-state index contributed by atoms with van der Waals surface area (Å²) >= 11 is 0. The Kier molecular flexibility index (Phi) is 5.14. The molecule has 2 rings (SSSR count). The van der Waals surface area contributed by atoms with Crippen molar-refractivity contribution in [3.8, 4) is 5.75 Å². The van der Waals surface area contributed by atoms with E-state index < -0.39 is 5.97 Å². The Hall–Kier alpha value is -2.11. The molecule has 2 N–H and O–H groups in total. The van der Waals surface area contributed by atoms with Gasteiger partial charge in [-0.05, 0) is 37.7 Å². The van der Waals surface area contributed by atoms with Crippen LogP contribution in [0.5, 0.6) is 5.75 Å². The molecule has 6 heteroatoms. The monoisotopic (exact) mass is 292 g/mol. The van der Waals surface area contributed by atoms with Gasteiger partial charge < -0.3 is 15.2 Å². The molecule has 6 nitrogen and oxygen atoms in total. The van der Waals surface area contributed by atoms with E-state index in [4.69, 9.17) is 9.84 Å². The van der Waals surface area contributed by atoms with Crippen molar-refractivity contribution in [2.75, 3.05) is 6.61 Å². The Labute approximate surface area is 123 Å². The molecule has 0 unspecified atom stereocenters. The lowest BCUT2D eigenvalue weighted by Crippen LogP contribution is -2.39. The lowest BCUT2D eigenvalue weighted by atomic mass is 9.87. The third kappa shape index (κ3) is 4.44. The van der Waals surface area contributed by atoms with Crippen molar-refractivity contribution >= 4 is 11.9 Å². The van der Waals surface area contributed by atoms with Gasteiger partial charge >= 0.3 is 5.97 Å². The first-order valence-electron chi connectivity index (χ1n) is 7.15. The highest BCUT2D eigenvalue weighted by Gasteiger charge is 2.20. The van der Waals surface area contributed by atoms with Gasteiger partial charge in [-0.1, -0.05) is 6.92 Å². The van der Waals surface area contributed by atoms with E-state index in [9.17, 15) is 9.59 Å². The van der Waals surface area contributed by atoms with Crippen LogP contribution in [0.25, 0.3) is 0 Å². The summed E-state index contributed by atoms with van der Waals surface area (Å²) in [6, 6.07) is 1.54. The molecule has 0 spiro atoms. The smallest absolute Gasteiger partial charge is 0.339 e. The van der Waals surface area contributed by atoms with Crippen molar-refractivity contribution in [2.45, 2.75) is 38.6 Å². The van der Waals surface area contributed by atoms with Crippen LogP contribution >= 0.6 is 0 Å². The number of carbonyl (C=O) groups is 2. The number of carbonyl (C=O) groups excluding carboxylic acids is 1.